The van der Waals surface area contributed by atoms with Crippen molar-refractivity contribution in [3.05, 3.63) is 48.2 Å². The number of hydrogen-bond donors (Lipinski definition) is 1. The second-order valence-corrected chi connectivity index (χ2v) is 4.02. The van der Waals surface area contributed by atoms with Crippen molar-refractivity contribution < 1.29 is 9.53 Å². The van der Waals surface area contributed by atoms with Crippen molar-refractivity contribution in [1.29, 1.82) is 0 Å². The van der Waals surface area contributed by atoms with Crippen LogP contribution in [0.3, 0.4) is 0 Å². The van der Waals surface area contributed by atoms with Gasteiger partial charge in [0.15, 0.2) is 5.82 Å². The topological polar surface area (TPSA) is 67.9 Å². The van der Waals surface area contributed by atoms with E-state index in [1.165, 1.54) is 7.11 Å². The van der Waals surface area contributed by atoms with Crippen LogP contribution in [0.2, 0.25) is 0 Å². The van der Waals surface area contributed by atoms with Crippen LogP contribution in [0.15, 0.2) is 42.6 Å². The zero-order chi connectivity index (χ0) is 13.2. The highest BCUT2D eigenvalue weighted by Gasteiger charge is 2.10. The van der Waals surface area contributed by atoms with Crippen molar-refractivity contribution >= 4 is 17.0 Å². The second-order valence-electron chi connectivity index (χ2n) is 4.02. The van der Waals surface area contributed by atoms with Gasteiger partial charge in [0.25, 0.3) is 0 Å². The maximum Gasteiger partial charge on any atom is 0.337 e. The average molecular weight is 253 g/mol. The summed E-state index contributed by atoms with van der Waals surface area (Å²) >= 11 is 0. The molecular formula is C14H11N3O2. The van der Waals surface area contributed by atoms with Crippen LogP contribution in [0, 0.1) is 0 Å². The molecule has 2 heterocycles. The molecule has 0 fully saturated rings. The van der Waals surface area contributed by atoms with Gasteiger partial charge in [-0.2, -0.15) is 0 Å². The number of pyridine rings is 1. The first-order valence-electron chi connectivity index (χ1n) is 5.77. The van der Waals surface area contributed by atoms with E-state index < -0.39 is 0 Å². The minimum Gasteiger partial charge on any atom is -0.465 e. The maximum atomic E-state index is 11.5. The fourth-order valence-electron chi connectivity index (χ4n) is 1.88. The molecule has 1 N–H and O–H groups in total. The molecule has 0 atom stereocenters. The predicted molar refractivity (Wildman–Crippen MR) is 70.7 cm³/mol. The zero-order valence-electron chi connectivity index (χ0n) is 10.3. The number of methoxy groups -OCH3 is 1. The lowest BCUT2D eigenvalue weighted by Crippen LogP contribution is -2.01. The first-order chi connectivity index (χ1) is 9.28. The Morgan fingerprint density at radius 1 is 1.26 bits per heavy atom. The van der Waals surface area contributed by atoms with E-state index in [0.717, 1.165) is 11.0 Å². The van der Waals surface area contributed by atoms with Crippen LogP contribution in [0.25, 0.3) is 22.6 Å². The van der Waals surface area contributed by atoms with Crippen LogP contribution in [-0.4, -0.2) is 28.0 Å². The van der Waals surface area contributed by atoms with Crippen LogP contribution in [-0.2, 0) is 4.74 Å². The highest BCUT2D eigenvalue weighted by Crippen LogP contribution is 2.19. The summed E-state index contributed by atoms with van der Waals surface area (Å²) in [6, 6.07) is 11.0. The number of para-hydroxylation sites is 2. The molecule has 3 aromatic rings. The van der Waals surface area contributed by atoms with E-state index >= 15 is 0 Å². The third-order valence-corrected chi connectivity index (χ3v) is 2.81. The zero-order valence-corrected chi connectivity index (χ0v) is 10.3. The number of aromatic amines is 1. The molecule has 0 bridgehead atoms. The second kappa shape index (κ2) is 4.53. The van der Waals surface area contributed by atoms with E-state index in [-0.39, 0.29) is 5.97 Å². The van der Waals surface area contributed by atoms with E-state index in [1.54, 1.807) is 18.3 Å². The van der Waals surface area contributed by atoms with Gasteiger partial charge in [0, 0.05) is 6.20 Å². The molecule has 3 rings (SSSR count). The number of benzene rings is 1. The molecular weight excluding hydrogens is 242 g/mol. The summed E-state index contributed by atoms with van der Waals surface area (Å²) in [6.45, 7) is 0. The number of rotatable bonds is 2. The number of imidazole rings is 1. The largest absolute Gasteiger partial charge is 0.465 e. The molecule has 0 saturated heterocycles. The first kappa shape index (κ1) is 11.4. The van der Waals surface area contributed by atoms with Crippen molar-refractivity contribution in [3.63, 3.8) is 0 Å². The van der Waals surface area contributed by atoms with Gasteiger partial charge in [-0.1, -0.05) is 12.1 Å². The molecule has 0 amide bonds. The number of carbonyl (C=O) groups excluding carboxylic acids is 1. The molecule has 0 spiro atoms. The van der Waals surface area contributed by atoms with Gasteiger partial charge < -0.3 is 9.72 Å². The third-order valence-electron chi connectivity index (χ3n) is 2.81. The molecule has 5 heteroatoms. The van der Waals surface area contributed by atoms with Crippen LogP contribution < -0.4 is 0 Å². The van der Waals surface area contributed by atoms with Crippen LogP contribution in [0.4, 0.5) is 0 Å². The van der Waals surface area contributed by atoms with Crippen LogP contribution >= 0.6 is 0 Å². The molecule has 1 aromatic carbocycles. The Morgan fingerprint density at radius 3 is 2.89 bits per heavy atom. The number of aromatic nitrogens is 3. The quantitative estimate of drug-likeness (QED) is 0.712. The van der Waals surface area contributed by atoms with E-state index in [4.69, 9.17) is 0 Å². The molecule has 0 aliphatic carbocycles. The standard InChI is InChI=1S/C14H11N3O2/c1-19-14(18)9-6-7-15-12(8-9)13-16-10-4-2-3-5-11(10)17-13/h2-8H,1H3,(H,16,17). The Morgan fingerprint density at radius 2 is 2.11 bits per heavy atom. The minimum absolute atomic E-state index is 0.389. The number of esters is 1. The van der Waals surface area contributed by atoms with Gasteiger partial charge in [0.1, 0.15) is 5.69 Å². The number of H-pyrrole nitrogens is 1. The molecule has 0 unspecified atom stereocenters. The molecule has 0 radical (unpaired) electrons. The van der Waals surface area contributed by atoms with Crippen LogP contribution in [0.5, 0.6) is 0 Å². The lowest BCUT2D eigenvalue weighted by Gasteiger charge is -2.00. The Labute approximate surface area is 109 Å². The Kier molecular flexibility index (Phi) is 2.72. The van der Waals surface area contributed by atoms with Gasteiger partial charge >= 0.3 is 5.97 Å². The van der Waals surface area contributed by atoms with Gasteiger partial charge in [-0.15, -0.1) is 0 Å². The van der Waals surface area contributed by atoms with Crippen molar-refractivity contribution in [3.8, 4) is 11.5 Å². The lowest BCUT2D eigenvalue weighted by atomic mass is 10.2. The molecule has 0 saturated carbocycles. The number of ether oxygens (including phenoxy) is 1. The van der Waals surface area contributed by atoms with E-state index in [9.17, 15) is 4.79 Å². The molecule has 0 aliphatic heterocycles. The summed E-state index contributed by atoms with van der Waals surface area (Å²) in [5.41, 5.74) is 2.86. The lowest BCUT2D eigenvalue weighted by molar-refractivity contribution is 0.0600. The summed E-state index contributed by atoms with van der Waals surface area (Å²) in [6.07, 6.45) is 1.56. The highest BCUT2D eigenvalue weighted by atomic mass is 16.5. The normalized spacial score (nSPS) is 10.6. The Hall–Kier alpha value is -2.69. The Balaban J connectivity index is 2.08. The first-order valence-corrected chi connectivity index (χ1v) is 5.77. The number of nitrogens with zero attached hydrogens (tertiary/aromatic N) is 2. The number of hydrogen-bond acceptors (Lipinski definition) is 4. The van der Waals surface area contributed by atoms with E-state index in [0.29, 0.717) is 17.1 Å². The summed E-state index contributed by atoms with van der Waals surface area (Å²) in [5.74, 6) is 0.242. The van der Waals surface area contributed by atoms with Gasteiger partial charge in [-0.3, -0.25) is 4.98 Å². The molecule has 2 aromatic heterocycles. The third kappa shape index (κ3) is 2.06. The highest BCUT2D eigenvalue weighted by molar-refractivity contribution is 5.90. The van der Waals surface area contributed by atoms with Gasteiger partial charge in [-0.25, -0.2) is 9.78 Å². The maximum absolute atomic E-state index is 11.5. The molecule has 0 aliphatic rings. The van der Waals surface area contributed by atoms with Gasteiger partial charge in [0.2, 0.25) is 0 Å². The summed E-state index contributed by atoms with van der Waals surface area (Å²) in [7, 11) is 1.35. The SMILES string of the molecule is COC(=O)c1ccnc(-c2nc3ccccc3[nH]2)c1. The van der Waals surface area contributed by atoms with Gasteiger partial charge in [0.05, 0.1) is 23.7 Å². The number of fused-ring (bicyclic) bond motifs is 1. The predicted octanol–water partition coefficient (Wildman–Crippen LogP) is 2.41. The van der Waals surface area contributed by atoms with Crippen molar-refractivity contribution in [2.45, 2.75) is 0 Å². The van der Waals surface area contributed by atoms with Crippen molar-refractivity contribution in [2.24, 2.45) is 0 Å². The fourth-order valence-corrected chi connectivity index (χ4v) is 1.88. The fraction of sp³-hybridized carbons (Fsp3) is 0.0714. The molecule has 94 valence electrons. The summed E-state index contributed by atoms with van der Waals surface area (Å²) < 4.78 is 4.69. The van der Waals surface area contributed by atoms with E-state index in [2.05, 4.69) is 19.7 Å². The average Bonchev–Trinajstić information content (AvgIpc) is 2.90. The van der Waals surface area contributed by atoms with Crippen molar-refractivity contribution in [1.82, 2.24) is 15.0 Å². The number of carbonyl (C=O) groups is 1. The van der Waals surface area contributed by atoms with Gasteiger partial charge in [-0.05, 0) is 24.3 Å². The number of nitrogens with one attached hydrogen (secondary N) is 1. The monoisotopic (exact) mass is 253 g/mol. The molecule has 5 nitrogen and oxygen atoms in total. The van der Waals surface area contributed by atoms with Crippen molar-refractivity contribution in [2.75, 3.05) is 7.11 Å². The summed E-state index contributed by atoms with van der Waals surface area (Å²) in [4.78, 5) is 23.3. The molecule has 19 heavy (non-hydrogen) atoms. The van der Waals surface area contributed by atoms with E-state index in [1.807, 2.05) is 24.3 Å². The Bertz CT molecular complexity index is 716. The smallest absolute Gasteiger partial charge is 0.337 e. The van der Waals surface area contributed by atoms with Crippen LogP contribution in [0.1, 0.15) is 10.4 Å². The summed E-state index contributed by atoms with van der Waals surface area (Å²) in [5, 5.41) is 0. The minimum atomic E-state index is -0.389.